The van der Waals surface area contributed by atoms with Crippen molar-refractivity contribution in [3.63, 3.8) is 0 Å². The second-order valence-electron chi connectivity index (χ2n) is 3.93. The first-order chi connectivity index (χ1) is 8.38. The number of aliphatic imine (C=N–C) groups is 1. The molecule has 2 heterocycles. The lowest BCUT2D eigenvalue weighted by molar-refractivity contribution is 0.959. The van der Waals surface area contributed by atoms with E-state index in [9.17, 15) is 0 Å². The lowest BCUT2D eigenvalue weighted by atomic mass is 10.1. The van der Waals surface area contributed by atoms with Crippen molar-refractivity contribution in [1.82, 2.24) is 10.3 Å². The Balaban J connectivity index is 2.02. The number of hydrogen-bond acceptors (Lipinski definition) is 5. The summed E-state index contributed by atoms with van der Waals surface area (Å²) in [6.07, 6.45) is 0.969. The molecule has 3 rings (SSSR count). The second kappa shape index (κ2) is 4.33. The first-order valence-electron chi connectivity index (χ1n) is 5.79. The van der Waals surface area contributed by atoms with Crippen LogP contribution in [0.2, 0.25) is 0 Å². The van der Waals surface area contributed by atoms with Gasteiger partial charge < -0.3 is 10.6 Å². The number of hydrogen-bond donors (Lipinski definition) is 2. The van der Waals surface area contributed by atoms with Crippen molar-refractivity contribution in [1.29, 1.82) is 0 Å². The van der Waals surface area contributed by atoms with E-state index in [-0.39, 0.29) is 0 Å². The number of benzene rings is 1. The van der Waals surface area contributed by atoms with E-state index in [1.807, 2.05) is 5.51 Å². The molecule has 1 aromatic heterocycles. The topological polar surface area (TPSA) is 49.3 Å². The molecule has 17 heavy (non-hydrogen) atoms. The standard InChI is InChI=1S/C12H14N4S/c1-2-8-9(16-12-13-5-6-14-12)3-4-10-11(8)15-7-17-10/h3-4,7H,2,5-6H2,1H3,(H2,13,14,16). The van der Waals surface area contributed by atoms with Crippen LogP contribution in [-0.4, -0.2) is 24.0 Å². The predicted molar refractivity (Wildman–Crippen MR) is 72.9 cm³/mol. The third-order valence-electron chi connectivity index (χ3n) is 2.89. The van der Waals surface area contributed by atoms with Crippen molar-refractivity contribution in [3.8, 4) is 0 Å². The molecule has 0 aliphatic carbocycles. The molecule has 0 unspecified atom stereocenters. The number of aryl methyl sites for hydroxylation is 1. The summed E-state index contributed by atoms with van der Waals surface area (Å²) in [6.45, 7) is 3.93. The van der Waals surface area contributed by atoms with Gasteiger partial charge in [0.25, 0.3) is 0 Å². The van der Waals surface area contributed by atoms with E-state index in [0.29, 0.717) is 0 Å². The molecule has 0 saturated carbocycles. The number of anilines is 1. The summed E-state index contributed by atoms with van der Waals surface area (Å²) in [4.78, 5) is 8.79. The first-order valence-corrected chi connectivity index (χ1v) is 6.67. The molecule has 4 nitrogen and oxygen atoms in total. The number of nitrogens with one attached hydrogen (secondary N) is 2. The van der Waals surface area contributed by atoms with Gasteiger partial charge in [0.2, 0.25) is 0 Å². The van der Waals surface area contributed by atoms with Gasteiger partial charge in [-0.25, -0.2) is 4.98 Å². The Morgan fingerprint density at radius 1 is 1.47 bits per heavy atom. The van der Waals surface area contributed by atoms with Crippen LogP contribution in [-0.2, 0) is 6.42 Å². The van der Waals surface area contributed by atoms with Gasteiger partial charge in [-0.3, -0.25) is 4.99 Å². The maximum Gasteiger partial charge on any atom is 0.195 e. The van der Waals surface area contributed by atoms with Gasteiger partial charge in [0.05, 0.1) is 22.3 Å². The normalized spacial score (nSPS) is 14.8. The minimum absolute atomic E-state index is 0.850. The number of fused-ring (bicyclic) bond motifs is 1. The quantitative estimate of drug-likeness (QED) is 0.854. The molecule has 0 radical (unpaired) electrons. The average molecular weight is 246 g/mol. The van der Waals surface area contributed by atoms with Gasteiger partial charge in [0, 0.05) is 17.8 Å². The highest BCUT2D eigenvalue weighted by Gasteiger charge is 2.11. The van der Waals surface area contributed by atoms with Crippen molar-refractivity contribution in [2.45, 2.75) is 13.3 Å². The Hall–Kier alpha value is -1.62. The summed E-state index contributed by atoms with van der Waals surface area (Å²) in [6, 6.07) is 4.23. The monoisotopic (exact) mass is 246 g/mol. The Bertz CT molecular complexity index is 573. The molecule has 0 saturated heterocycles. The molecule has 0 atom stereocenters. The fraction of sp³-hybridized carbons (Fsp3) is 0.333. The van der Waals surface area contributed by atoms with Crippen molar-refractivity contribution in [2.24, 2.45) is 4.99 Å². The van der Waals surface area contributed by atoms with Crippen molar-refractivity contribution < 1.29 is 0 Å². The highest BCUT2D eigenvalue weighted by atomic mass is 32.1. The van der Waals surface area contributed by atoms with Crippen LogP contribution < -0.4 is 10.6 Å². The van der Waals surface area contributed by atoms with Crippen LogP contribution in [0.3, 0.4) is 0 Å². The summed E-state index contributed by atoms with van der Waals surface area (Å²) >= 11 is 1.68. The van der Waals surface area contributed by atoms with Crippen LogP contribution >= 0.6 is 11.3 Å². The zero-order valence-electron chi connectivity index (χ0n) is 9.66. The largest absolute Gasteiger partial charge is 0.354 e. The summed E-state index contributed by atoms with van der Waals surface area (Å²) < 4.78 is 1.24. The van der Waals surface area contributed by atoms with Gasteiger partial charge in [0.15, 0.2) is 5.96 Å². The van der Waals surface area contributed by atoms with E-state index in [4.69, 9.17) is 0 Å². The lowest BCUT2D eigenvalue weighted by Gasteiger charge is -2.11. The average Bonchev–Trinajstić information content (AvgIpc) is 2.98. The molecule has 1 aromatic carbocycles. The molecular weight excluding hydrogens is 232 g/mol. The number of rotatable bonds is 2. The summed E-state index contributed by atoms with van der Waals surface area (Å²) in [5.41, 5.74) is 5.39. The van der Waals surface area contributed by atoms with Gasteiger partial charge in [-0.1, -0.05) is 6.92 Å². The van der Waals surface area contributed by atoms with E-state index in [2.05, 4.69) is 39.7 Å². The number of thiazole rings is 1. The maximum absolute atomic E-state index is 4.44. The summed E-state index contributed by atoms with van der Waals surface area (Å²) in [7, 11) is 0. The number of nitrogens with zero attached hydrogens (tertiary/aromatic N) is 2. The lowest BCUT2D eigenvalue weighted by Crippen LogP contribution is -2.26. The van der Waals surface area contributed by atoms with Gasteiger partial charge >= 0.3 is 0 Å². The Kier molecular flexibility index (Phi) is 2.68. The predicted octanol–water partition coefficient (Wildman–Crippen LogP) is 2.23. The maximum atomic E-state index is 4.44. The molecule has 2 aromatic rings. The fourth-order valence-corrected chi connectivity index (χ4v) is 2.78. The molecule has 1 aliphatic rings. The highest BCUT2D eigenvalue weighted by molar-refractivity contribution is 7.16. The van der Waals surface area contributed by atoms with E-state index < -0.39 is 0 Å². The Morgan fingerprint density at radius 3 is 3.18 bits per heavy atom. The van der Waals surface area contributed by atoms with Crippen LogP contribution in [0.4, 0.5) is 5.69 Å². The summed E-state index contributed by atoms with van der Waals surface area (Å²) in [5, 5.41) is 6.57. The highest BCUT2D eigenvalue weighted by Crippen LogP contribution is 2.28. The van der Waals surface area contributed by atoms with E-state index in [0.717, 1.165) is 36.7 Å². The SMILES string of the molecule is CCc1c(NC2=NCCN2)ccc2scnc12. The molecule has 0 spiro atoms. The smallest absolute Gasteiger partial charge is 0.195 e. The van der Waals surface area contributed by atoms with Gasteiger partial charge in [-0.2, -0.15) is 0 Å². The molecule has 0 fully saturated rings. The van der Waals surface area contributed by atoms with E-state index in [1.54, 1.807) is 11.3 Å². The van der Waals surface area contributed by atoms with Crippen molar-refractivity contribution in [3.05, 3.63) is 23.2 Å². The van der Waals surface area contributed by atoms with Gasteiger partial charge in [0.1, 0.15) is 0 Å². The molecule has 0 bridgehead atoms. The molecule has 5 heteroatoms. The molecule has 2 N–H and O–H groups in total. The van der Waals surface area contributed by atoms with Crippen LogP contribution in [0, 0.1) is 0 Å². The molecule has 0 amide bonds. The second-order valence-corrected chi connectivity index (χ2v) is 4.81. The Labute approximate surface area is 104 Å². The van der Waals surface area contributed by atoms with Gasteiger partial charge in [-0.15, -0.1) is 11.3 Å². The molecule has 88 valence electrons. The first kappa shape index (κ1) is 10.5. The van der Waals surface area contributed by atoms with E-state index in [1.165, 1.54) is 10.3 Å². The fourth-order valence-electron chi connectivity index (χ4n) is 2.07. The molecule has 1 aliphatic heterocycles. The summed E-state index contributed by atoms with van der Waals surface area (Å²) in [5.74, 6) is 0.870. The zero-order valence-corrected chi connectivity index (χ0v) is 10.5. The third-order valence-corrected chi connectivity index (χ3v) is 3.68. The van der Waals surface area contributed by atoms with Crippen molar-refractivity contribution >= 4 is 33.2 Å². The minimum Gasteiger partial charge on any atom is -0.354 e. The van der Waals surface area contributed by atoms with Crippen molar-refractivity contribution in [2.75, 3.05) is 18.4 Å². The molecular formula is C12H14N4S. The van der Waals surface area contributed by atoms with E-state index >= 15 is 0 Å². The zero-order chi connectivity index (χ0) is 11.7. The Morgan fingerprint density at radius 2 is 2.41 bits per heavy atom. The van der Waals surface area contributed by atoms with Crippen LogP contribution in [0.1, 0.15) is 12.5 Å². The van der Waals surface area contributed by atoms with Crippen LogP contribution in [0.15, 0.2) is 22.6 Å². The third kappa shape index (κ3) is 1.86. The number of aromatic nitrogens is 1. The van der Waals surface area contributed by atoms with Gasteiger partial charge in [-0.05, 0) is 18.6 Å². The number of guanidine groups is 1. The minimum atomic E-state index is 0.850. The van der Waals surface area contributed by atoms with Crippen LogP contribution in [0.25, 0.3) is 10.2 Å². The van der Waals surface area contributed by atoms with Crippen LogP contribution in [0.5, 0.6) is 0 Å².